The van der Waals surface area contributed by atoms with Gasteiger partial charge in [-0.05, 0) is 89.8 Å². The summed E-state index contributed by atoms with van der Waals surface area (Å²) in [7, 11) is -4.23. The number of anilines is 1. The predicted molar refractivity (Wildman–Crippen MR) is 193 cm³/mol. The lowest BCUT2D eigenvalue weighted by atomic mass is 9.98. The number of esters is 3. The number of primary sulfonamides is 1. The summed E-state index contributed by atoms with van der Waals surface area (Å²) in [6.07, 6.45) is 2.42. The number of hydrogen-bond donors (Lipinski definition) is 2. The molecular formula is C35H41Cl2N3O12S. The number of unbranched alkanes of at least 4 members (excludes halogenated alkanes) is 3. The highest BCUT2D eigenvalue weighted by atomic mass is 35.5. The van der Waals surface area contributed by atoms with Crippen LogP contribution in [0.1, 0.15) is 79.9 Å². The van der Waals surface area contributed by atoms with E-state index in [-0.39, 0.29) is 41.8 Å². The molecule has 0 aliphatic heterocycles. The smallest absolute Gasteiger partial charge is 0.420 e. The largest absolute Gasteiger partial charge is 0.467 e. The van der Waals surface area contributed by atoms with Crippen molar-refractivity contribution >= 4 is 68.7 Å². The summed E-state index contributed by atoms with van der Waals surface area (Å²) in [4.78, 5) is 63.7. The first kappa shape index (κ1) is 42.8. The molecule has 1 aromatic heterocycles. The van der Waals surface area contributed by atoms with Gasteiger partial charge >= 0.3 is 24.0 Å². The second kappa shape index (κ2) is 19.4. The Hall–Kier alpha value is -4.64. The lowest BCUT2D eigenvalue weighted by molar-refractivity contribution is -0.173. The van der Waals surface area contributed by atoms with Crippen molar-refractivity contribution in [1.29, 1.82) is 0 Å². The maximum Gasteiger partial charge on any atom is 0.420 e. The molecular weight excluding hydrogens is 757 g/mol. The molecule has 1 amide bonds. The van der Waals surface area contributed by atoms with Crippen LogP contribution in [0.5, 0.6) is 0 Å². The molecule has 53 heavy (non-hydrogen) atoms. The quantitative estimate of drug-likeness (QED) is 0.0394. The van der Waals surface area contributed by atoms with Crippen LogP contribution in [0.4, 0.5) is 10.5 Å². The van der Waals surface area contributed by atoms with Crippen LogP contribution in [-0.4, -0.2) is 74.7 Å². The molecule has 1 heterocycles. The summed E-state index contributed by atoms with van der Waals surface area (Å²) in [5.41, 5.74) is -0.450. The number of hydrogen-bond acceptors (Lipinski definition) is 13. The number of Topliss-reactive ketones (excluding diaryl/α,β-unsaturated/α-hetero) is 1. The molecule has 0 radical (unpaired) electrons. The van der Waals surface area contributed by atoms with E-state index in [9.17, 15) is 32.4 Å². The van der Waals surface area contributed by atoms with Crippen molar-refractivity contribution in [2.75, 3.05) is 25.3 Å². The third kappa shape index (κ3) is 13.1. The van der Waals surface area contributed by atoms with Crippen LogP contribution < -0.4 is 10.5 Å². The molecule has 2 aromatic carbocycles. The van der Waals surface area contributed by atoms with Gasteiger partial charge in [0.1, 0.15) is 10.7 Å². The van der Waals surface area contributed by atoms with Gasteiger partial charge in [-0.1, -0.05) is 35.3 Å². The van der Waals surface area contributed by atoms with Gasteiger partial charge in [0.2, 0.25) is 16.8 Å². The van der Waals surface area contributed by atoms with E-state index >= 15 is 0 Å². The maximum absolute atomic E-state index is 13.0. The van der Waals surface area contributed by atoms with Gasteiger partial charge in [-0.15, -0.1) is 0 Å². The van der Waals surface area contributed by atoms with E-state index in [0.29, 0.717) is 42.0 Å². The molecule has 0 aliphatic carbocycles. The molecule has 288 valence electrons. The Morgan fingerprint density at radius 3 is 2.15 bits per heavy atom. The predicted octanol–water partition coefficient (Wildman–Crippen LogP) is 6.12. The summed E-state index contributed by atoms with van der Waals surface area (Å²) in [5.74, 6) is -3.30. The number of carbonyl (C=O) groups is 5. The fourth-order valence-electron chi connectivity index (χ4n) is 4.98. The highest BCUT2D eigenvalue weighted by Crippen LogP contribution is 2.29. The van der Waals surface area contributed by atoms with E-state index in [0.717, 1.165) is 6.07 Å². The molecule has 0 aliphatic rings. The summed E-state index contributed by atoms with van der Waals surface area (Å²) < 4.78 is 49.2. The normalized spacial score (nSPS) is 12.0. The molecule has 0 saturated heterocycles. The van der Waals surface area contributed by atoms with Crippen molar-refractivity contribution in [1.82, 2.24) is 4.90 Å². The molecule has 1 unspecified atom stereocenters. The molecule has 3 aromatic rings. The van der Waals surface area contributed by atoms with Crippen molar-refractivity contribution in [3.63, 3.8) is 0 Å². The fraction of sp³-hybridized carbons (Fsp3) is 0.400. The number of sulfonamides is 1. The zero-order valence-electron chi connectivity index (χ0n) is 29.5. The van der Waals surface area contributed by atoms with Gasteiger partial charge in [0.05, 0.1) is 48.3 Å². The number of furan rings is 1. The zero-order valence-corrected chi connectivity index (χ0v) is 31.8. The first-order valence-electron chi connectivity index (χ1n) is 16.3. The monoisotopic (exact) mass is 797 g/mol. The Balaban J connectivity index is 1.38. The van der Waals surface area contributed by atoms with Crippen LogP contribution in [0.3, 0.4) is 0 Å². The number of rotatable bonds is 17. The number of nitrogens with one attached hydrogen (secondary N) is 1. The van der Waals surface area contributed by atoms with Crippen LogP contribution in [-0.2, 0) is 45.1 Å². The van der Waals surface area contributed by atoms with E-state index in [2.05, 4.69) is 5.32 Å². The molecule has 0 fully saturated rings. The van der Waals surface area contributed by atoms with Crippen LogP contribution in [0.15, 0.2) is 64.1 Å². The van der Waals surface area contributed by atoms with Gasteiger partial charge in [0, 0.05) is 16.1 Å². The number of nitrogens with zero attached hydrogens (tertiary/aromatic N) is 1. The summed E-state index contributed by atoms with van der Waals surface area (Å²) in [6, 6.07) is 11.0. The minimum Gasteiger partial charge on any atom is -0.467 e. The topological polar surface area (TPSA) is 211 Å². The van der Waals surface area contributed by atoms with Gasteiger partial charge < -0.3 is 28.7 Å². The third-order valence-electron chi connectivity index (χ3n) is 7.47. The number of ether oxygens (including phenoxy) is 4. The van der Waals surface area contributed by atoms with Crippen molar-refractivity contribution < 1.29 is 55.8 Å². The van der Waals surface area contributed by atoms with Crippen molar-refractivity contribution in [2.45, 2.75) is 76.4 Å². The molecule has 3 rings (SSSR count). The standard InChI is InChI=1S/C35H41Cl2N3O12S/c1-22(30(41)23-11-9-12-24(36)17-23)40(35(2,3)4)34(45)52-21-51-33(44)32(43)50-15-8-6-5-7-14-49-31(42)26-18-29(53(38,46)47)27(37)19-28(26)39-20-25-13-10-16-48-25/h9-13,16-19,22,39H,5-8,14-15,20-21H2,1-4H3,(H2,38,46,47). The third-order valence-corrected chi connectivity index (χ3v) is 9.08. The fourth-order valence-corrected chi connectivity index (χ4v) is 6.27. The Morgan fingerprint density at radius 1 is 0.887 bits per heavy atom. The van der Waals surface area contributed by atoms with Crippen molar-refractivity contribution in [3.05, 3.63) is 81.7 Å². The van der Waals surface area contributed by atoms with E-state index < -0.39 is 57.3 Å². The number of amides is 1. The Labute approximate surface area is 317 Å². The van der Waals surface area contributed by atoms with E-state index in [1.54, 1.807) is 51.1 Å². The number of nitrogens with two attached hydrogens (primary N) is 1. The van der Waals surface area contributed by atoms with Crippen LogP contribution >= 0.6 is 23.2 Å². The number of benzene rings is 2. The molecule has 1 atom stereocenters. The molecule has 0 bridgehead atoms. The summed E-state index contributed by atoms with van der Waals surface area (Å²) in [5, 5.41) is 8.39. The first-order valence-corrected chi connectivity index (χ1v) is 18.6. The van der Waals surface area contributed by atoms with Gasteiger partial charge in [0.25, 0.3) is 0 Å². The van der Waals surface area contributed by atoms with Gasteiger partial charge in [-0.2, -0.15) is 0 Å². The molecule has 0 saturated carbocycles. The SMILES string of the molecule is CC(C(=O)c1cccc(Cl)c1)N(C(=O)OCOC(=O)C(=O)OCCCCCCOC(=O)c1cc(S(N)(=O)=O)c(Cl)cc1NCc1ccco1)C(C)(C)C. The average Bonchev–Trinajstić information content (AvgIpc) is 3.60. The Morgan fingerprint density at radius 2 is 1.55 bits per heavy atom. The minimum atomic E-state index is -4.23. The van der Waals surface area contributed by atoms with Crippen LogP contribution in [0.25, 0.3) is 0 Å². The van der Waals surface area contributed by atoms with E-state index in [1.165, 1.54) is 30.2 Å². The molecule has 3 N–H and O–H groups in total. The summed E-state index contributed by atoms with van der Waals surface area (Å²) in [6.45, 7) is 5.78. The average molecular weight is 799 g/mol. The zero-order chi connectivity index (χ0) is 39.3. The van der Waals surface area contributed by atoms with Gasteiger partial charge in [-0.3, -0.25) is 9.69 Å². The summed E-state index contributed by atoms with van der Waals surface area (Å²) >= 11 is 12.1. The number of halogens is 2. The Bertz CT molecular complexity index is 1880. The van der Waals surface area contributed by atoms with Gasteiger partial charge in [-0.25, -0.2) is 32.7 Å². The van der Waals surface area contributed by atoms with E-state index in [4.69, 9.17) is 51.7 Å². The van der Waals surface area contributed by atoms with Crippen LogP contribution in [0, 0.1) is 0 Å². The number of ketones is 1. The van der Waals surface area contributed by atoms with Gasteiger partial charge in [0.15, 0.2) is 5.78 Å². The molecule has 15 nitrogen and oxygen atoms in total. The lowest BCUT2D eigenvalue weighted by Gasteiger charge is -2.38. The molecule has 0 spiro atoms. The minimum absolute atomic E-state index is 0.00515. The number of carbonyl (C=O) groups excluding carboxylic acids is 5. The molecule has 18 heteroatoms. The maximum atomic E-state index is 13.0. The Kier molecular flexibility index (Phi) is 15.7. The van der Waals surface area contributed by atoms with Crippen molar-refractivity contribution in [3.8, 4) is 0 Å². The lowest BCUT2D eigenvalue weighted by Crippen LogP contribution is -2.53. The van der Waals surface area contributed by atoms with Crippen LogP contribution in [0.2, 0.25) is 10.0 Å². The second-order valence-corrected chi connectivity index (χ2v) is 14.9. The van der Waals surface area contributed by atoms with E-state index in [1.807, 2.05) is 0 Å². The second-order valence-electron chi connectivity index (χ2n) is 12.5. The highest BCUT2D eigenvalue weighted by molar-refractivity contribution is 7.89. The highest BCUT2D eigenvalue weighted by Gasteiger charge is 2.36. The van der Waals surface area contributed by atoms with Crippen molar-refractivity contribution in [2.24, 2.45) is 5.14 Å². The first-order chi connectivity index (χ1) is 24.9.